The molecule has 0 amide bonds. The quantitative estimate of drug-likeness (QED) is 0.783. The Labute approximate surface area is 127 Å². The van der Waals surface area contributed by atoms with Crippen LogP contribution in [-0.4, -0.2) is 32.6 Å². The van der Waals surface area contributed by atoms with E-state index in [4.69, 9.17) is 0 Å². The van der Waals surface area contributed by atoms with Crippen molar-refractivity contribution >= 4 is 21.5 Å². The summed E-state index contributed by atoms with van der Waals surface area (Å²) in [7, 11) is -3.72. The average Bonchev–Trinajstić information content (AvgIpc) is 3.02. The molecule has 0 aliphatic carbocycles. The Morgan fingerprint density at radius 2 is 2.05 bits per heavy atom. The molecule has 0 aliphatic heterocycles. The van der Waals surface area contributed by atoms with Gasteiger partial charge in [0.1, 0.15) is 4.90 Å². The van der Waals surface area contributed by atoms with E-state index in [9.17, 15) is 8.42 Å². The summed E-state index contributed by atoms with van der Waals surface area (Å²) in [5, 5.41) is 4.24. The fraction of sp³-hybridized carbons (Fsp3) is 0.308. The minimum atomic E-state index is -3.72. The molecular formula is C13H16N6O2S. The molecule has 0 atom stereocenters. The molecule has 3 heterocycles. The number of nitrogens with zero attached hydrogens (tertiary/aromatic N) is 5. The first kappa shape index (κ1) is 14.5. The smallest absolute Gasteiger partial charge is 0.265 e. The van der Waals surface area contributed by atoms with Gasteiger partial charge in [-0.25, -0.2) is 18.4 Å². The van der Waals surface area contributed by atoms with Gasteiger partial charge in [-0.2, -0.15) is 5.10 Å². The molecule has 0 fully saturated rings. The second kappa shape index (κ2) is 5.09. The minimum absolute atomic E-state index is 0.208. The standard InChI is InChI=1S/C13H16N6O2S/c1-4-19-10(3)12(9(2)16-19)22(20,21)17-11-7-15-13-14-5-6-18(13)8-11/h5-8,17H,4H2,1-3H3. The van der Waals surface area contributed by atoms with Gasteiger partial charge in [0.15, 0.2) is 0 Å². The van der Waals surface area contributed by atoms with E-state index in [2.05, 4.69) is 19.8 Å². The molecule has 116 valence electrons. The maximum Gasteiger partial charge on any atom is 0.265 e. The highest BCUT2D eigenvalue weighted by Gasteiger charge is 2.24. The van der Waals surface area contributed by atoms with Crippen LogP contribution >= 0.6 is 0 Å². The predicted molar refractivity (Wildman–Crippen MR) is 81.2 cm³/mol. The van der Waals surface area contributed by atoms with Crippen LogP contribution in [0.5, 0.6) is 0 Å². The molecule has 0 saturated carbocycles. The normalized spacial score (nSPS) is 12.0. The molecule has 0 radical (unpaired) electrons. The highest BCUT2D eigenvalue weighted by Crippen LogP contribution is 2.22. The van der Waals surface area contributed by atoms with E-state index < -0.39 is 10.0 Å². The molecule has 0 aliphatic rings. The zero-order valence-corrected chi connectivity index (χ0v) is 13.3. The molecular weight excluding hydrogens is 304 g/mol. The summed E-state index contributed by atoms with van der Waals surface area (Å²) in [6, 6.07) is 0. The Balaban J connectivity index is 2.01. The number of aromatic nitrogens is 5. The third-order valence-electron chi connectivity index (χ3n) is 3.38. The molecule has 3 rings (SSSR count). The van der Waals surface area contributed by atoms with Crippen LogP contribution in [-0.2, 0) is 16.6 Å². The molecule has 0 spiro atoms. The lowest BCUT2D eigenvalue weighted by Gasteiger charge is -2.08. The summed E-state index contributed by atoms with van der Waals surface area (Å²) >= 11 is 0. The number of rotatable bonds is 4. The van der Waals surface area contributed by atoms with E-state index in [1.807, 2.05) is 6.92 Å². The monoisotopic (exact) mass is 320 g/mol. The van der Waals surface area contributed by atoms with Crippen molar-refractivity contribution in [3.8, 4) is 0 Å². The number of imidazole rings is 1. The van der Waals surface area contributed by atoms with Gasteiger partial charge < -0.3 is 0 Å². The average molecular weight is 320 g/mol. The van der Waals surface area contributed by atoms with Crippen LogP contribution in [0.2, 0.25) is 0 Å². The van der Waals surface area contributed by atoms with E-state index >= 15 is 0 Å². The Bertz CT molecular complexity index is 941. The van der Waals surface area contributed by atoms with E-state index in [1.54, 1.807) is 41.5 Å². The van der Waals surface area contributed by atoms with Crippen LogP contribution in [0.25, 0.3) is 5.78 Å². The van der Waals surface area contributed by atoms with Crippen LogP contribution in [0.4, 0.5) is 5.69 Å². The van der Waals surface area contributed by atoms with Crippen LogP contribution in [0, 0.1) is 13.8 Å². The predicted octanol–water partition coefficient (Wildman–Crippen LogP) is 1.36. The maximum atomic E-state index is 12.6. The van der Waals surface area contributed by atoms with Gasteiger partial charge in [-0.15, -0.1) is 0 Å². The first-order valence-electron chi connectivity index (χ1n) is 6.78. The van der Waals surface area contributed by atoms with E-state index in [1.165, 1.54) is 6.20 Å². The Morgan fingerprint density at radius 3 is 2.73 bits per heavy atom. The molecule has 8 nitrogen and oxygen atoms in total. The van der Waals surface area contributed by atoms with Crippen molar-refractivity contribution in [2.75, 3.05) is 4.72 Å². The minimum Gasteiger partial charge on any atom is -0.289 e. The lowest BCUT2D eigenvalue weighted by Crippen LogP contribution is -2.15. The lowest BCUT2D eigenvalue weighted by atomic mass is 10.4. The third-order valence-corrected chi connectivity index (χ3v) is 5.01. The van der Waals surface area contributed by atoms with Gasteiger partial charge >= 0.3 is 0 Å². The highest BCUT2D eigenvalue weighted by molar-refractivity contribution is 7.92. The van der Waals surface area contributed by atoms with Crippen molar-refractivity contribution in [2.45, 2.75) is 32.2 Å². The summed E-state index contributed by atoms with van der Waals surface area (Å²) in [4.78, 5) is 8.32. The number of sulfonamides is 1. The molecule has 0 saturated heterocycles. The maximum absolute atomic E-state index is 12.6. The molecule has 3 aromatic rings. The van der Waals surface area contributed by atoms with Gasteiger partial charge in [-0.3, -0.25) is 13.8 Å². The number of hydrogen-bond acceptors (Lipinski definition) is 5. The van der Waals surface area contributed by atoms with Crippen molar-refractivity contribution in [2.24, 2.45) is 0 Å². The largest absolute Gasteiger partial charge is 0.289 e. The summed E-state index contributed by atoms with van der Waals surface area (Å²) in [6.45, 7) is 5.96. The zero-order valence-electron chi connectivity index (χ0n) is 12.5. The van der Waals surface area contributed by atoms with Crippen LogP contribution < -0.4 is 4.72 Å². The van der Waals surface area contributed by atoms with Gasteiger partial charge in [-0.1, -0.05) is 0 Å². The first-order valence-corrected chi connectivity index (χ1v) is 8.26. The lowest BCUT2D eigenvalue weighted by molar-refractivity contribution is 0.598. The van der Waals surface area contributed by atoms with E-state index in [0.29, 0.717) is 29.4 Å². The van der Waals surface area contributed by atoms with Gasteiger partial charge in [-0.05, 0) is 20.8 Å². The number of nitrogens with one attached hydrogen (secondary N) is 1. The molecule has 3 aromatic heterocycles. The zero-order chi connectivity index (χ0) is 15.9. The summed E-state index contributed by atoms with van der Waals surface area (Å²) < 4.78 is 31.1. The van der Waals surface area contributed by atoms with Crippen molar-refractivity contribution < 1.29 is 8.42 Å². The first-order chi connectivity index (χ1) is 10.4. The highest BCUT2D eigenvalue weighted by atomic mass is 32.2. The molecule has 1 N–H and O–H groups in total. The Hall–Kier alpha value is -2.42. The Morgan fingerprint density at radius 1 is 1.27 bits per heavy atom. The van der Waals surface area contributed by atoms with Crippen molar-refractivity contribution in [1.82, 2.24) is 24.1 Å². The number of fused-ring (bicyclic) bond motifs is 1. The summed E-state index contributed by atoms with van der Waals surface area (Å²) in [6.07, 6.45) is 6.36. The second-order valence-corrected chi connectivity index (χ2v) is 6.52. The van der Waals surface area contributed by atoms with Crippen LogP contribution in [0.3, 0.4) is 0 Å². The van der Waals surface area contributed by atoms with Crippen LogP contribution in [0.1, 0.15) is 18.3 Å². The summed E-state index contributed by atoms with van der Waals surface area (Å²) in [5.74, 6) is 0.508. The fourth-order valence-corrected chi connectivity index (χ4v) is 3.89. The molecule has 0 unspecified atom stereocenters. The van der Waals surface area contributed by atoms with Gasteiger partial charge in [0.05, 0.1) is 23.3 Å². The van der Waals surface area contributed by atoms with Crippen LogP contribution in [0.15, 0.2) is 29.7 Å². The van der Waals surface area contributed by atoms with Crippen molar-refractivity contribution in [1.29, 1.82) is 0 Å². The number of hydrogen-bond donors (Lipinski definition) is 1. The topological polar surface area (TPSA) is 94.2 Å². The van der Waals surface area contributed by atoms with Crippen molar-refractivity contribution in [3.63, 3.8) is 0 Å². The second-order valence-electron chi connectivity index (χ2n) is 4.90. The SMILES string of the molecule is CCn1nc(C)c(S(=O)(=O)Nc2cnc3nccn3c2)c1C. The molecule has 0 bridgehead atoms. The van der Waals surface area contributed by atoms with E-state index in [-0.39, 0.29) is 4.90 Å². The molecule has 22 heavy (non-hydrogen) atoms. The fourth-order valence-electron chi connectivity index (χ4n) is 2.45. The summed E-state index contributed by atoms with van der Waals surface area (Å²) in [5.41, 5.74) is 1.46. The number of aryl methyl sites for hydroxylation is 2. The molecule has 0 aromatic carbocycles. The van der Waals surface area contributed by atoms with Gasteiger partial charge in [0.2, 0.25) is 5.78 Å². The van der Waals surface area contributed by atoms with E-state index in [0.717, 1.165) is 0 Å². The number of anilines is 1. The van der Waals surface area contributed by atoms with Gasteiger partial charge in [0.25, 0.3) is 10.0 Å². The van der Waals surface area contributed by atoms with Crippen molar-refractivity contribution in [3.05, 3.63) is 36.2 Å². The molecule has 9 heteroatoms. The van der Waals surface area contributed by atoms with Gasteiger partial charge in [0, 0.05) is 25.1 Å². The third kappa shape index (κ3) is 2.33. The Kier molecular flexibility index (Phi) is 3.36.